The first-order chi connectivity index (χ1) is 12.1. The fourth-order valence-electron chi connectivity index (χ4n) is 3.61. The van der Waals surface area contributed by atoms with Gasteiger partial charge in [-0.25, -0.2) is 4.39 Å². The van der Waals surface area contributed by atoms with Gasteiger partial charge in [0.2, 0.25) is 5.91 Å². The van der Waals surface area contributed by atoms with E-state index in [0.29, 0.717) is 0 Å². The Kier molecular flexibility index (Phi) is 7.18. The lowest BCUT2D eigenvalue weighted by atomic mass is 9.90. The van der Waals surface area contributed by atoms with Crippen LogP contribution >= 0.6 is 12.4 Å². The number of nitrogens with two attached hydrogens (primary N) is 1. The molecule has 1 saturated heterocycles. The van der Waals surface area contributed by atoms with E-state index in [1.807, 2.05) is 42.2 Å². The van der Waals surface area contributed by atoms with Crippen molar-refractivity contribution in [1.82, 2.24) is 4.90 Å². The van der Waals surface area contributed by atoms with Gasteiger partial charge in [-0.15, -0.1) is 12.4 Å². The molecule has 0 spiro atoms. The summed E-state index contributed by atoms with van der Waals surface area (Å²) in [5.74, 6) is -0.481. The lowest BCUT2D eigenvalue weighted by Crippen LogP contribution is -2.43. The Balaban J connectivity index is 0.00000243. The molecule has 2 aromatic rings. The second-order valence-electron chi connectivity index (χ2n) is 6.82. The Morgan fingerprint density at radius 2 is 1.77 bits per heavy atom. The van der Waals surface area contributed by atoms with Crippen LogP contribution in [0.1, 0.15) is 49.4 Å². The van der Waals surface area contributed by atoms with E-state index in [4.69, 9.17) is 5.73 Å². The molecule has 0 bridgehead atoms. The number of piperidine rings is 1. The molecule has 1 fully saturated rings. The fraction of sp³-hybridized carbons (Fsp3) is 0.381. The number of hydrogen-bond donors (Lipinski definition) is 1. The van der Waals surface area contributed by atoms with Crippen molar-refractivity contribution in [1.29, 1.82) is 0 Å². The molecule has 1 heterocycles. The van der Waals surface area contributed by atoms with Crippen LogP contribution in [0.2, 0.25) is 0 Å². The van der Waals surface area contributed by atoms with Crippen molar-refractivity contribution in [2.75, 3.05) is 6.54 Å². The van der Waals surface area contributed by atoms with Crippen LogP contribution in [0.4, 0.5) is 4.39 Å². The van der Waals surface area contributed by atoms with E-state index in [0.717, 1.165) is 36.9 Å². The average Bonchev–Trinajstić information content (AvgIpc) is 2.67. The lowest BCUT2D eigenvalue weighted by molar-refractivity contribution is -0.139. The van der Waals surface area contributed by atoms with E-state index in [2.05, 4.69) is 0 Å². The SMILES string of the molecule is CC(C(=O)N1CCCCC1c1ccc(F)cc1)C(N)c1ccccc1.Cl. The summed E-state index contributed by atoms with van der Waals surface area (Å²) in [6.45, 7) is 2.63. The summed E-state index contributed by atoms with van der Waals surface area (Å²) in [7, 11) is 0. The van der Waals surface area contributed by atoms with E-state index in [1.54, 1.807) is 12.1 Å². The minimum atomic E-state index is -0.329. The molecule has 1 amide bonds. The average molecular weight is 377 g/mol. The number of halogens is 2. The first-order valence-corrected chi connectivity index (χ1v) is 8.94. The maximum Gasteiger partial charge on any atom is 0.227 e. The summed E-state index contributed by atoms with van der Waals surface area (Å²) in [6, 6.07) is 15.9. The number of benzene rings is 2. The van der Waals surface area contributed by atoms with Crippen LogP contribution in [0.25, 0.3) is 0 Å². The highest BCUT2D eigenvalue weighted by Crippen LogP contribution is 2.33. The number of rotatable bonds is 4. The molecule has 0 aliphatic carbocycles. The molecule has 3 atom stereocenters. The molecular formula is C21H26ClFN2O. The van der Waals surface area contributed by atoms with Gasteiger partial charge in [0.05, 0.1) is 12.0 Å². The molecule has 140 valence electrons. The Morgan fingerprint density at radius 3 is 2.42 bits per heavy atom. The number of carbonyl (C=O) groups is 1. The molecule has 5 heteroatoms. The summed E-state index contributed by atoms with van der Waals surface area (Å²) in [5.41, 5.74) is 8.32. The zero-order valence-electron chi connectivity index (χ0n) is 15.0. The van der Waals surface area contributed by atoms with Crippen LogP contribution in [0.3, 0.4) is 0 Å². The van der Waals surface area contributed by atoms with Crippen molar-refractivity contribution in [3.8, 4) is 0 Å². The van der Waals surface area contributed by atoms with Gasteiger partial charge in [0.15, 0.2) is 0 Å². The van der Waals surface area contributed by atoms with E-state index < -0.39 is 0 Å². The van der Waals surface area contributed by atoms with Gasteiger partial charge in [0.25, 0.3) is 0 Å². The third-order valence-corrected chi connectivity index (χ3v) is 5.15. The topological polar surface area (TPSA) is 46.3 Å². The van der Waals surface area contributed by atoms with Crippen LogP contribution in [0.15, 0.2) is 54.6 Å². The van der Waals surface area contributed by atoms with Crippen molar-refractivity contribution in [3.05, 3.63) is 71.5 Å². The van der Waals surface area contributed by atoms with Crippen molar-refractivity contribution in [2.24, 2.45) is 11.7 Å². The third-order valence-electron chi connectivity index (χ3n) is 5.15. The van der Waals surface area contributed by atoms with E-state index in [-0.39, 0.29) is 42.1 Å². The van der Waals surface area contributed by atoms with Crippen molar-refractivity contribution < 1.29 is 9.18 Å². The standard InChI is InChI=1S/C21H25FN2O.ClH/c1-15(20(23)17-7-3-2-4-8-17)21(25)24-14-6-5-9-19(24)16-10-12-18(22)13-11-16;/h2-4,7-8,10-13,15,19-20H,5-6,9,14,23H2,1H3;1H. The number of carbonyl (C=O) groups excluding carboxylic acids is 1. The maximum absolute atomic E-state index is 13.2. The first-order valence-electron chi connectivity index (χ1n) is 8.94. The summed E-state index contributed by atoms with van der Waals surface area (Å²) < 4.78 is 13.2. The predicted octanol–water partition coefficient (Wildman–Crippen LogP) is 4.64. The highest BCUT2D eigenvalue weighted by Gasteiger charge is 2.33. The Labute approximate surface area is 160 Å². The van der Waals surface area contributed by atoms with E-state index in [9.17, 15) is 9.18 Å². The fourth-order valence-corrected chi connectivity index (χ4v) is 3.61. The lowest BCUT2D eigenvalue weighted by Gasteiger charge is -2.38. The molecular weight excluding hydrogens is 351 g/mol. The van der Waals surface area contributed by atoms with Gasteiger partial charge in [-0.05, 0) is 42.5 Å². The zero-order chi connectivity index (χ0) is 17.8. The Bertz CT molecular complexity index is 708. The zero-order valence-corrected chi connectivity index (χ0v) is 15.8. The summed E-state index contributed by atoms with van der Waals surface area (Å²) in [4.78, 5) is 15.1. The molecule has 2 aromatic carbocycles. The van der Waals surface area contributed by atoms with Gasteiger partial charge in [0.1, 0.15) is 5.82 Å². The Hall–Kier alpha value is -1.91. The second kappa shape index (κ2) is 9.15. The van der Waals surface area contributed by atoms with Crippen LogP contribution in [-0.2, 0) is 4.79 Å². The van der Waals surface area contributed by atoms with Crippen molar-refractivity contribution in [3.63, 3.8) is 0 Å². The molecule has 3 rings (SSSR count). The normalized spacial score (nSPS) is 19.3. The van der Waals surface area contributed by atoms with Crippen LogP contribution in [-0.4, -0.2) is 17.4 Å². The number of hydrogen-bond acceptors (Lipinski definition) is 2. The minimum absolute atomic E-state index is 0. The molecule has 0 radical (unpaired) electrons. The van der Waals surface area contributed by atoms with Gasteiger partial charge in [-0.3, -0.25) is 4.79 Å². The molecule has 2 N–H and O–H groups in total. The van der Waals surface area contributed by atoms with Gasteiger partial charge in [-0.1, -0.05) is 49.4 Å². The monoisotopic (exact) mass is 376 g/mol. The van der Waals surface area contributed by atoms with Gasteiger partial charge >= 0.3 is 0 Å². The van der Waals surface area contributed by atoms with Gasteiger partial charge < -0.3 is 10.6 Å². The smallest absolute Gasteiger partial charge is 0.227 e. The van der Waals surface area contributed by atoms with Crippen molar-refractivity contribution >= 4 is 18.3 Å². The van der Waals surface area contributed by atoms with Crippen LogP contribution in [0, 0.1) is 11.7 Å². The molecule has 1 aliphatic rings. The summed E-state index contributed by atoms with van der Waals surface area (Å²) in [6.07, 6.45) is 2.98. The Morgan fingerprint density at radius 1 is 1.12 bits per heavy atom. The summed E-state index contributed by atoms with van der Waals surface area (Å²) in [5, 5.41) is 0. The molecule has 1 aliphatic heterocycles. The highest BCUT2D eigenvalue weighted by atomic mass is 35.5. The van der Waals surface area contributed by atoms with E-state index >= 15 is 0 Å². The molecule has 26 heavy (non-hydrogen) atoms. The minimum Gasteiger partial charge on any atom is -0.335 e. The van der Waals surface area contributed by atoms with Crippen LogP contribution < -0.4 is 5.73 Å². The molecule has 0 saturated carbocycles. The predicted molar refractivity (Wildman–Crippen MR) is 104 cm³/mol. The number of amides is 1. The van der Waals surface area contributed by atoms with Gasteiger partial charge in [0, 0.05) is 12.6 Å². The maximum atomic E-state index is 13.2. The quantitative estimate of drug-likeness (QED) is 0.845. The summed E-state index contributed by atoms with van der Waals surface area (Å²) >= 11 is 0. The third kappa shape index (κ3) is 4.43. The van der Waals surface area contributed by atoms with E-state index in [1.165, 1.54) is 12.1 Å². The van der Waals surface area contributed by atoms with Crippen LogP contribution in [0.5, 0.6) is 0 Å². The molecule has 0 aromatic heterocycles. The van der Waals surface area contributed by atoms with Crippen molar-refractivity contribution in [2.45, 2.75) is 38.3 Å². The molecule has 3 unspecified atom stereocenters. The number of likely N-dealkylation sites (tertiary alicyclic amines) is 1. The molecule has 3 nitrogen and oxygen atoms in total. The first kappa shape index (κ1) is 20.4. The highest BCUT2D eigenvalue weighted by molar-refractivity contribution is 5.85. The van der Waals surface area contributed by atoms with Gasteiger partial charge in [-0.2, -0.15) is 0 Å². The second-order valence-corrected chi connectivity index (χ2v) is 6.82. The number of nitrogens with zero attached hydrogens (tertiary/aromatic N) is 1. The largest absolute Gasteiger partial charge is 0.335 e.